The topological polar surface area (TPSA) is 69.4 Å². The van der Waals surface area contributed by atoms with Crippen molar-refractivity contribution in [3.05, 3.63) is 35.1 Å². The van der Waals surface area contributed by atoms with E-state index in [1.807, 2.05) is 13.0 Å². The molecule has 0 amide bonds. The minimum Gasteiger partial charge on any atom is -0.373 e. The van der Waals surface area contributed by atoms with Crippen LogP contribution in [0.5, 0.6) is 0 Å². The predicted octanol–water partition coefficient (Wildman–Crippen LogP) is 2.94. The van der Waals surface area contributed by atoms with Crippen molar-refractivity contribution in [2.45, 2.75) is 38.8 Å². The first-order valence-electron chi connectivity index (χ1n) is 7.91. The number of nitrogens with zero attached hydrogens (tertiary/aromatic N) is 2. The summed E-state index contributed by atoms with van der Waals surface area (Å²) in [6.45, 7) is 6.38. The second-order valence-electron chi connectivity index (χ2n) is 5.87. The molecular weight excluding hydrogens is 422 g/mol. The summed E-state index contributed by atoms with van der Waals surface area (Å²) in [5.41, 5.74) is 0.660. The molecule has 1 fully saturated rings. The molecule has 2 rings (SSSR count). The van der Waals surface area contributed by atoms with Crippen LogP contribution in [-0.4, -0.2) is 31.3 Å². The van der Waals surface area contributed by atoms with Gasteiger partial charge in [-0.3, -0.25) is 0 Å². The average Bonchev–Trinajstić information content (AvgIpc) is 2.98. The molecule has 0 bridgehead atoms. The molecule has 0 radical (unpaired) electrons. The number of ether oxygens (including phenoxy) is 1. The molecule has 2 N–H and O–H groups in total. The maximum absolute atomic E-state index is 13.8. The quantitative estimate of drug-likeness (QED) is 0.415. The van der Waals surface area contributed by atoms with Gasteiger partial charge in [-0.25, -0.2) is 9.38 Å². The van der Waals surface area contributed by atoms with Crippen molar-refractivity contribution < 1.29 is 9.13 Å². The Morgan fingerprint density at radius 2 is 2.25 bits per heavy atom. The summed E-state index contributed by atoms with van der Waals surface area (Å²) in [4.78, 5) is 4.40. The molecule has 0 saturated carbocycles. The van der Waals surface area contributed by atoms with E-state index >= 15 is 0 Å². The number of guanidine groups is 1. The molecular formula is C17H24FIN4O. The lowest BCUT2D eigenvalue weighted by atomic mass is 10.0. The SMILES string of the molecule is CCNC(=NCc1cc(C#N)ccc1F)NCC1(C)CCCO1.I. The van der Waals surface area contributed by atoms with Crippen molar-refractivity contribution in [3.8, 4) is 6.07 Å². The van der Waals surface area contributed by atoms with Gasteiger partial charge in [0.25, 0.3) is 0 Å². The Balaban J connectivity index is 0.00000288. The number of nitriles is 1. The van der Waals surface area contributed by atoms with Gasteiger partial charge in [0.15, 0.2) is 5.96 Å². The second-order valence-corrected chi connectivity index (χ2v) is 5.87. The van der Waals surface area contributed by atoms with Gasteiger partial charge in [0.2, 0.25) is 0 Å². The fourth-order valence-electron chi connectivity index (χ4n) is 2.52. The summed E-state index contributed by atoms with van der Waals surface area (Å²) in [6, 6.07) is 6.31. The van der Waals surface area contributed by atoms with E-state index in [1.54, 1.807) is 0 Å². The Labute approximate surface area is 159 Å². The van der Waals surface area contributed by atoms with Crippen LogP contribution in [0.2, 0.25) is 0 Å². The summed E-state index contributed by atoms with van der Waals surface area (Å²) in [6.07, 6.45) is 2.08. The highest BCUT2D eigenvalue weighted by Crippen LogP contribution is 2.23. The van der Waals surface area contributed by atoms with Crippen LogP contribution in [0, 0.1) is 17.1 Å². The number of halogens is 2. The van der Waals surface area contributed by atoms with Crippen molar-refractivity contribution in [3.63, 3.8) is 0 Å². The van der Waals surface area contributed by atoms with Crippen LogP contribution >= 0.6 is 24.0 Å². The van der Waals surface area contributed by atoms with E-state index in [2.05, 4.69) is 22.5 Å². The smallest absolute Gasteiger partial charge is 0.191 e. The zero-order valence-electron chi connectivity index (χ0n) is 14.1. The molecule has 1 unspecified atom stereocenters. The Kier molecular flexibility index (Phi) is 8.42. The molecule has 1 aliphatic rings. The lowest BCUT2D eigenvalue weighted by molar-refractivity contribution is 0.0243. The third kappa shape index (κ3) is 5.91. The number of rotatable bonds is 5. The van der Waals surface area contributed by atoms with E-state index in [1.165, 1.54) is 18.2 Å². The van der Waals surface area contributed by atoms with Crippen LogP contribution < -0.4 is 10.6 Å². The maximum Gasteiger partial charge on any atom is 0.191 e. The van der Waals surface area contributed by atoms with Crippen LogP contribution in [0.1, 0.15) is 37.8 Å². The molecule has 7 heteroatoms. The molecule has 1 aliphatic heterocycles. The largest absolute Gasteiger partial charge is 0.373 e. The van der Waals surface area contributed by atoms with Gasteiger partial charge < -0.3 is 15.4 Å². The first-order chi connectivity index (χ1) is 11.1. The Morgan fingerprint density at radius 3 is 2.88 bits per heavy atom. The third-order valence-electron chi connectivity index (χ3n) is 3.86. The fraction of sp³-hybridized carbons (Fsp3) is 0.529. The van der Waals surface area contributed by atoms with E-state index in [0.717, 1.165) is 19.4 Å². The van der Waals surface area contributed by atoms with Crippen LogP contribution in [-0.2, 0) is 11.3 Å². The molecule has 0 aliphatic carbocycles. The molecule has 1 heterocycles. The number of hydrogen-bond donors (Lipinski definition) is 2. The van der Waals surface area contributed by atoms with Crippen molar-refractivity contribution in [2.24, 2.45) is 4.99 Å². The number of benzene rings is 1. The Hall–Kier alpha value is -1.40. The van der Waals surface area contributed by atoms with E-state index in [9.17, 15) is 4.39 Å². The summed E-state index contributed by atoms with van der Waals surface area (Å²) < 4.78 is 19.5. The minimum atomic E-state index is -0.352. The van der Waals surface area contributed by atoms with Gasteiger partial charge in [0, 0.05) is 25.3 Å². The van der Waals surface area contributed by atoms with Crippen LogP contribution in [0.3, 0.4) is 0 Å². The van der Waals surface area contributed by atoms with Crippen LogP contribution in [0.4, 0.5) is 4.39 Å². The van der Waals surface area contributed by atoms with Crippen molar-refractivity contribution in [1.82, 2.24) is 10.6 Å². The molecule has 1 aromatic rings. The highest BCUT2D eigenvalue weighted by Gasteiger charge is 2.29. The summed E-state index contributed by atoms with van der Waals surface area (Å²) >= 11 is 0. The van der Waals surface area contributed by atoms with Gasteiger partial charge in [0.05, 0.1) is 23.8 Å². The highest BCUT2D eigenvalue weighted by atomic mass is 127. The molecule has 0 aromatic heterocycles. The van der Waals surface area contributed by atoms with E-state index < -0.39 is 0 Å². The average molecular weight is 446 g/mol. The summed E-state index contributed by atoms with van der Waals surface area (Å²) in [7, 11) is 0. The van der Waals surface area contributed by atoms with E-state index in [0.29, 0.717) is 30.2 Å². The standard InChI is InChI=1S/C17H23FN4O.HI/c1-3-20-16(22-12-17(2)7-4-8-23-17)21-11-14-9-13(10-19)5-6-15(14)18;/h5-6,9H,3-4,7-8,11-12H2,1-2H3,(H2,20,21,22);1H. The zero-order valence-corrected chi connectivity index (χ0v) is 16.4. The van der Waals surface area contributed by atoms with Gasteiger partial charge in [-0.15, -0.1) is 24.0 Å². The van der Waals surface area contributed by atoms with Gasteiger partial charge in [0.1, 0.15) is 5.82 Å². The van der Waals surface area contributed by atoms with Gasteiger partial charge in [-0.2, -0.15) is 5.26 Å². The van der Waals surface area contributed by atoms with Crippen LogP contribution in [0.15, 0.2) is 23.2 Å². The number of hydrogen-bond acceptors (Lipinski definition) is 3. The molecule has 1 aromatic carbocycles. The lowest BCUT2D eigenvalue weighted by Crippen LogP contribution is -2.45. The van der Waals surface area contributed by atoms with E-state index in [4.69, 9.17) is 10.00 Å². The number of nitrogens with one attached hydrogen (secondary N) is 2. The molecule has 5 nitrogen and oxygen atoms in total. The van der Waals surface area contributed by atoms with E-state index in [-0.39, 0.29) is 41.9 Å². The molecule has 132 valence electrons. The first-order valence-corrected chi connectivity index (χ1v) is 7.91. The van der Waals surface area contributed by atoms with Gasteiger partial charge in [-0.05, 0) is 44.9 Å². The molecule has 1 saturated heterocycles. The minimum absolute atomic E-state index is 0. The van der Waals surface area contributed by atoms with Crippen LogP contribution in [0.25, 0.3) is 0 Å². The Bertz CT molecular complexity index is 609. The first kappa shape index (κ1) is 20.6. The van der Waals surface area contributed by atoms with Gasteiger partial charge in [-0.1, -0.05) is 0 Å². The zero-order chi connectivity index (χ0) is 16.7. The summed E-state index contributed by atoms with van der Waals surface area (Å²) in [5.74, 6) is 0.265. The summed E-state index contributed by atoms with van der Waals surface area (Å²) in [5, 5.41) is 15.3. The molecule has 24 heavy (non-hydrogen) atoms. The van der Waals surface area contributed by atoms with Crippen molar-refractivity contribution in [2.75, 3.05) is 19.7 Å². The fourth-order valence-corrected chi connectivity index (χ4v) is 2.52. The molecule has 0 spiro atoms. The monoisotopic (exact) mass is 446 g/mol. The van der Waals surface area contributed by atoms with Crippen molar-refractivity contribution in [1.29, 1.82) is 5.26 Å². The Morgan fingerprint density at radius 1 is 1.46 bits per heavy atom. The third-order valence-corrected chi connectivity index (χ3v) is 3.86. The maximum atomic E-state index is 13.8. The predicted molar refractivity (Wildman–Crippen MR) is 103 cm³/mol. The van der Waals surface area contributed by atoms with Gasteiger partial charge >= 0.3 is 0 Å². The second kappa shape index (κ2) is 9.79. The number of aliphatic imine (C=N–C) groups is 1. The highest BCUT2D eigenvalue weighted by molar-refractivity contribution is 14.0. The van der Waals surface area contributed by atoms with Crippen molar-refractivity contribution >= 4 is 29.9 Å². The lowest BCUT2D eigenvalue weighted by Gasteiger charge is -2.24. The molecule has 1 atom stereocenters. The normalized spacial score (nSPS) is 20.2.